The number of hydrogen-bond donors (Lipinski definition) is 0. The van der Waals surface area contributed by atoms with Crippen molar-refractivity contribution in [3.05, 3.63) is 53.5 Å². The highest BCUT2D eigenvalue weighted by atomic mass is 16.2. The highest BCUT2D eigenvalue weighted by Crippen LogP contribution is 2.35. The summed E-state index contributed by atoms with van der Waals surface area (Å²) in [5, 5.41) is 0. The van der Waals surface area contributed by atoms with Crippen molar-refractivity contribution in [3.63, 3.8) is 0 Å². The molecule has 1 aromatic heterocycles. The Morgan fingerprint density at radius 1 is 1.12 bits per heavy atom. The topological polar surface area (TPSA) is 49.3 Å². The molecule has 1 atom stereocenters. The van der Waals surface area contributed by atoms with Gasteiger partial charge in [-0.2, -0.15) is 0 Å². The third-order valence-corrected chi connectivity index (χ3v) is 5.68. The SMILES string of the molecule is Cc1nccnc1N1CCCN(C(=O)CC2CCc3ccccc32)CC1. The van der Waals surface area contributed by atoms with Crippen molar-refractivity contribution in [2.45, 2.75) is 38.5 Å². The number of aromatic nitrogens is 2. The number of amides is 1. The lowest BCUT2D eigenvalue weighted by atomic mass is 9.97. The van der Waals surface area contributed by atoms with Gasteiger partial charge in [-0.3, -0.25) is 9.78 Å². The molecule has 1 unspecified atom stereocenters. The van der Waals surface area contributed by atoms with Crippen LogP contribution in [-0.4, -0.2) is 47.0 Å². The van der Waals surface area contributed by atoms with Gasteiger partial charge in [-0.15, -0.1) is 0 Å². The number of hydrogen-bond acceptors (Lipinski definition) is 4. The van der Waals surface area contributed by atoms with E-state index >= 15 is 0 Å². The van der Waals surface area contributed by atoms with Crippen molar-refractivity contribution in [2.24, 2.45) is 0 Å². The van der Waals surface area contributed by atoms with Gasteiger partial charge in [0.1, 0.15) is 5.82 Å². The second-order valence-electron chi connectivity index (χ2n) is 7.33. The maximum absolute atomic E-state index is 12.9. The van der Waals surface area contributed by atoms with E-state index in [1.165, 1.54) is 11.1 Å². The molecule has 0 bridgehead atoms. The van der Waals surface area contributed by atoms with E-state index in [2.05, 4.69) is 39.1 Å². The first-order valence-corrected chi connectivity index (χ1v) is 9.60. The first kappa shape index (κ1) is 17.0. The van der Waals surface area contributed by atoms with Crippen LogP contribution in [0.1, 0.15) is 42.0 Å². The van der Waals surface area contributed by atoms with E-state index in [-0.39, 0.29) is 0 Å². The fourth-order valence-corrected chi connectivity index (χ4v) is 4.29. The number of fused-ring (bicyclic) bond motifs is 1. The van der Waals surface area contributed by atoms with Crippen LogP contribution in [0, 0.1) is 6.92 Å². The molecule has 1 aliphatic carbocycles. The molecule has 1 aromatic carbocycles. The second-order valence-corrected chi connectivity index (χ2v) is 7.33. The fraction of sp³-hybridized carbons (Fsp3) is 0.476. The molecule has 5 heteroatoms. The number of nitrogens with zero attached hydrogens (tertiary/aromatic N) is 4. The van der Waals surface area contributed by atoms with Crippen LogP contribution < -0.4 is 4.90 Å². The van der Waals surface area contributed by atoms with Crippen molar-refractivity contribution >= 4 is 11.7 Å². The van der Waals surface area contributed by atoms with Gasteiger partial charge in [-0.05, 0) is 43.2 Å². The molecule has 1 amide bonds. The van der Waals surface area contributed by atoms with Crippen molar-refractivity contribution in [1.29, 1.82) is 0 Å². The number of carbonyl (C=O) groups excluding carboxylic acids is 1. The Hall–Kier alpha value is -2.43. The molecule has 1 fully saturated rings. The predicted molar refractivity (Wildman–Crippen MR) is 102 cm³/mol. The van der Waals surface area contributed by atoms with E-state index in [9.17, 15) is 4.79 Å². The van der Waals surface area contributed by atoms with E-state index in [1.807, 2.05) is 11.8 Å². The first-order chi connectivity index (χ1) is 12.7. The van der Waals surface area contributed by atoms with Gasteiger partial charge in [0, 0.05) is 45.0 Å². The predicted octanol–water partition coefficient (Wildman–Crippen LogP) is 2.94. The molecule has 136 valence electrons. The molecule has 26 heavy (non-hydrogen) atoms. The number of carbonyl (C=O) groups is 1. The summed E-state index contributed by atoms with van der Waals surface area (Å²) in [5.74, 6) is 1.64. The summed E-state index contributed by atoms with van der Waals surface area (Å²) in [5.41, 5.74) is 3.76. The Morgan fingerprint density at radius 3 is 2.85 bits per heavy atom. The zero-order valence-electron chi connectivity index (χ0n) is 15.4. The average molecular weight is 350 g/mol. The number of aryl methyl sites for hydroxylation is 2. The Balaban J connectivity index is 1.39. The first-order valence-electron chi connectivity index (χ1n) is 9.60. The molecule has 4 rings (SSSR count). The van der Waals surface area contributed by atoms with Gasteiger partial charge >= 0.3 is 0 Å². The summed E-state index contributed by atoms with van der Waals surface area (Å²) in [6.45, 7) is 5.35. The minimum atomic E-state index is 0.296. The van der Waals surface area contributed by atoms with E-state index in [0.717, 1.165) is 57.0 Å². The van der Waals surface area contributed by atoms with Crippen LogP contribution in [0.3, 0.4) is 0 Å². The molecular weight excluding hydrogens is 324 g/mol. The molecule has 2 aliphatic rings. The van der Waals surface area contributed by atoms with Crippen LogP contribution in [0.5, 0.6) is 0 Å². The molecule has 1 saturated heterocycles. The van der Waals surface area contributed by atoms with Crippen LogP contribution in [0.15, 0.2) is 36.7 Å². The van der Waals surface area contributed by atoms with E-state index in [4.69, 9.17) is 0 Å². The van der Waals surface area contributed by atoms with E-state index in [0.29, 0.717) is 18.2 Å². The number of rotatable bonds is 3. The molecule has 0 saturated carbocycles. The van der Waals surface area contributed by atoms with Crippen molar-refractivity contribution in [3.8, 4) is 0 Å². The van der Waals surface area contributed by atoms with Crippen LogP contribution in [0.2, 0.25) is 0 Å². The Bertz CT molecular complexity index is 791. The maximum Gasteiger partial charge on any atom is 0.223 e. The maximum atomic E-state index is 12.9. The van der Waals surface area contributed by atoms with Gasteiger partial charge in [0.25, 0.3) is 0 Å². The molecule has 0 spiro atoms. The quantitative estimate of drug-likeness (QED) is 0.854. The summed E-state index contributed by atoms with van der Waals surface area (Å²) in [4.78, 5) is 26.0. The van der Waals surface area contributed by atoms with Crippen LogP contribution in [0.25, 0.3) is 0 Å². The summed E-state index contributed by atoms with van der Waals surface area (Å²) in [6, 6.07) is 8.59. The molecule has 1 aliphatic heterocycles. The Labute approximate surface area is 155 Å². The van der Waals surface area contributed by atoms with Crippen molar-refractivity contribution in [1.82, 2.24) is 14.9 Å². The molecule has 5 nitrogen and oxygen atoms in total. The fourth-order valence-electron chi connectivity index (χ4n) is 4.29. The minimum Gasteiger partial charge on any atom is -0.353 e. The lowest BCUT2D eigenvalue weighted by Crippen LogP contribution is -2.36. The zero-order chi connectivity index (χ0) is 17.9. The van der Waals surface area contributed by atoms with E-state index in [1.54, 1.807) is 12.4 Å². The molecular formula is C21H26N4O. The summed E-state index contributed by atoms with van der Waals surface area (Å²) in [7, 11) is 0. The normalized spacial score (nSPS) is 20.0. The molecule has 0 N–H and O–H groups in total. The third kappa shape index (κ3) is 3.43. The summed E-state index contributed by atoms with van der Waals surface area (Å²) < 4.78 is 0. The lowest BCUT2D eigenvalue weighted by Gasteiger charge is -2.24. The monoisotopic (exact) mass is 350 g/mol. The smallest absolute Gasteiger partial charge is 0.223 e. The van der Waals surface area contributed by atoms with Crippen LogP contribution in [0.4, 0.5) is 5.82 Å². The molecule has 2 heterocycles. The van der Waals surface area contributed by atoms with Crippen LogP contribution in [-0.2, 0) is 11.2 Å². The second kappa shape index (κ2) is 7.44. The van der Waals surface area contributed by atoms with Crippen molar-refractivity contribution in [2.75, 3.05) is 31.1 Å². The van der Waals surface area contributed by atoms with Gasteiger partial charge in [0.15, 0.2) is 0 Å². The average Bonchev–Trinajstić information content (AvgIpc) is 2.90. The highest BCUT2D eigenvalue weighted by molar-refractivity contribution is 5.77. The number of anilines is 1. The van der Waals surface area contributed by atoms with Gasteiger partial charge in [-0.25, -0.2) is 4.98 Å². The van der Waals surface area contributed by atoms with Crippen LogP contribution >= 0.6 is 0 Å². The Kier molecular flexibility index (Phi) is 4.87. The van der Waals surface area contributed by atoms with Gasteiger partial charge < -0.3 is 9.80 Å². The lowest BCUT2D eigenvalue weighted by molar-refractivity contribution is -0.131. The van der Waals surface area contributed by atoms with Gasteiger partial charge in [0.2, 0.25) is 5.91 Å². The standard InChI is InChI=1S/C21H26N4O/c1-16-21(23-10-9-22-16)25-12-4-11-24(13-14-25)20(26)15-18-8-7-17-5-2-3-6-19(17)18/h2-3,5-6,9-10,18H,4,7-8,11-15H2,1H3. The largest absolute Gasteiger partial charge is 0.353 e. The van der Waals surface area contributed by atoms with Gasteiger partial charge in [-0.1, -0.05) is 24.3 Å². The highest BCUT2D eigenvalue weighted by Gasteiger charge is 2.27. The number of benzene rings is 1. The summed E-state index contributed by atoms with van der Waals surface area (Å²) in [6.07, 6.45) is 7.29. The van der Waals surface area contributed by atoms with Gasteiger partial charge in [0.05, 0.1) is 5.69 Å². The Morgan fingerprint density at radius 2 is 1.96 bits per heavy atom. The van der Waals surface area contributed by atoms with Crippen molar-refractivity contribution < 1.29 is 4.79 Å². The summed E-state index contributed by atoms with van der Waals surface area (Å²) >= 11 is 0. The molecule has 2 aromatic rings. The van der Waals surface area contributed by atoms with E-state index < -0.39 is 0 Å². The zero-order valence-corrected chi connectivity index (χ0v) is 15.4. The third-order valence-electron chi connectivity index (χ3n) is 5.68. The minimum absolute atomic E-state index is 0.296. The molecule has 0 radical (unpaired) electrons.